The molecule has 0 radical (unpaired) electrons. The number of aryl methyl sites for hydroxylation is 3. The molecule has 0 nitrogen and oxygen atoms in total. The van der Waals surface area contributed by atoms with Gasteiger partial charge in [0.05, 0.1) is 0 Å². The molecule has 1 heterocycles. The number of fused-ring (bicyclic) bond motifs is 3. The molecule has 0 aliphatic carbocycles. The molecule has 18 heavy (non-hydrogen) atoms. The van der Waals surface area contributed by atoms with Gasteiger partial charge in [-0.25, -0.2) is 0 Å². The van der Waals surface area contributed by atoms with Gasteiger partial charge in [0.25, 0.3) is 0 Å². The van der Waals surface area contributed by atoms with Gasteiger partial charge in [0.15, 0.2) is 0 Å². The minimum Gasteiger partial charge on any atom is -0.135 e. The maximum absolute atomic E-state index is 6.21. The van der Waals surface area contributed by atoms with Crippen molar-refractivity contribution in [2.24, 2.45) is 0 Å². The van der Waals surface area contributed by atoms with E-state index in [-0.39, 0.29) is 0 Å². The van der Waals surface area contributed by atoms with Crippen LogP contribution in [0.5, 0.6) is 0 Å². The van der Waals surface area contributed by atoms with Gasteiger partial charge in [0, 0.05) is 29.7 Å². The zero-order valence-electron chi connectivity index (χ0n) is 10.4. The molecule has 92 valence electrons. The molecular weight excluding hydrogens is 328 g/mol. The Kier molecular flexibility index (Phi) is 2.92. The van der Waals surface area contributed by atoms with Crippen molar-refractivity contribution >= 4 is 59.0 Å². The average Bonchev–Trinajstić information content (AvgIpc) is 2.71. The molecule has 0 spiro atoms. The van der Waals surface area contributed by atoms with Crippen LogP contribution in [0.15, 0.2) is 22.7 Å². The van der Waals surface area contributed by atoms with Crippen molar-refractivity contribution < 1.29 is 0 Å². The first kappa shape index (κ1) is 12.5. The molecule has 0 amide bonds. The summed E-state index contributed by atoms with van der Waals surface area (Å²) < 4.78 is 3.87. The van der Waals surface area contributed by atoms with E-state index in [1.54, 1.807) is 0 Å². The third-order valence-corrected chi connectivity index (χ3v) is 6.55. The summed E-state index contributed by atoms with van der Waals surface area (Å²) in [5.74, 6) is 0. The maximum atomic E-state index is 6.21. The van der Waals surface area contributed by atoms with Gasteiger partial charge in [-0.2, -0.15) is 0 Å². The number of halogens is 2. The minimum atomic E-state index is 0.850. The molecule has 0 atom stereocenters. The first-order valence-corrected chi connectivity index (χ1v) is 7.76. The third kappa shape index (κ3) is 1.63. The Morgan fingerprint density at radius 1 is 1.00 bits per heavy atom. The lowest BCUT2D eigenvalue weighted by Gasteiger charge is -2.04. The van der Waals surface area contributed by atoms with Crippen LogP contribution in [0.1, 0.15) is 16.7 Å². The Balaban J connectivity index is 2.59. The molecule has 3 rings (SSSR count). The summed E-state index contributed by atoms with van der Waals surface area (Å²) in [6, 6.07) is 6.40. The van der Waals surface area contributed by atoms with E-state index in [1.165, 1.54) is 41.3 Å². The molecule has 3 aromatic rings. The zero-order chi connectivity index (χ0) is 13.0. The molecule has 0 unspecified atom stereocenters. The Labute approximate surface area is 124 Å². The molecule has 0 N–H and O–H groups in total. The van der Waals surface area contributed by atoms with Crippen LogP contribution >= 0.6 is 38.9 Å². The second-order valence-corrected chi connectivity index (χ2v) is 6.88. The maximum Gasteiger partial charge on any atom is 0.0449 e. The SMILES string of the molecule is Cc1cc2c(sc3c(C)c(Cl)ccc32)c(C)c1Br. The fourth-order valence-corrected chi connectivity index (χ4v) is 4.33. The first-order valence-electron chi connectivity index (χ1n) is 5.77. The summed E-state index contributed by atoms with van der Waals surface area (Å²) in [5.41, 5.74) is 3.79. The fraction of sp³-hybridized carbons (Fsp3) is 0.200. The Hall–Kier alpha value is -0.570. The summed E-state index contributed by atoms with van der Waals surface area (Å²) in [4.78, 5) is 0. The van der Waals surface area contributed by atoms with E-state index in [9.17, 15) is 0 Å². The molecule has 0 saturated heterocycles. The minimum absolute atomic E-state index is 0.850. The Morgan fingerprint density at radius 3 is 2.39 bits per heavy atom. The Morgan fingerprint density at radius 2 is 1.67 bits per heavy atom. The van der Waals surface area contributed by atoms with Crippen molar-refractivity contribution in [3.05, 3.63) is 44.4 Å². The van der Waals surface area contributed by atoms with E-state index < -0.39 is 0 Å². The molecule has 1 aromatic heterocycles. The summed E-state index contributed by atoms with van der Waals surface area (Å²) in [7, 11) is 0. The summed E-state index contributed by atoms with van der Waals surface area (Å²) in [5, 5.41) is 3.51. The van der Waals surface area contributed by atoms with Crippen molar-refractivity contribution in [2.75, 3.05) is 0 Å². The van der Waals surface area contributed by atoms with Crippen LogP contribution in [-0.4, -0.2) is 0 Å². The summed E-state index contributed by atoms with van der Waals surface area (Å²) in [6.07, 6.45) is 0. The highest BCUT2D eigenvalue weighted by molar-refractivity contribution is 9.10. The molecule has 0 aliphatic rings. The predicted octanol–water partition coefficient (Wildman–Crippen LogP) is 6.40. The van der Waals surface area contributed by atoms with Crippen molar-refractivity contribution in [1.29, 1.82) is 0 Å². The van der Waals surface area contributed by atoms with Gasteiger partial charge in [-0.3, -0.25) is 0 Å². The smallest absolute Gasteiger partial charge is 0.0449 e. The van der Waals surface area contributed by atoms with Crippen molar-refractivity contribution in [1.82, 2.24) is 0 Å². The number of benzene rings is 2. The molecule has 0 saturated carbocycles. The second-order valence-electron chi connectivity index (χ2n) is 4.66. The van der Waals surface area contributed by atoms with E-state index in [2.05, 4.69) is 48.8 Å². The van der Waals surface area contributed by atoms with Crippen LogP contribution in [0.25, 0.3) is 20.2 Å². The van der Waals surface area contributed by atoms with Crippen molar-refractivity contribution in [3.63, 3.8) is 0 Å². The van der Waals surface area contributed by atoms with Crippen LogP contribution in [0, 0.1) is 20.8 Å². The summed E-state index contributed by atoms with van der Waals surface area (Å²) >= 11 is 11.7. The summed E-state index contributed by atoms with van der Waals surface area (Å²) in [6.45, 7) is 6.41. The van der Waals surface area contributed by atoms with Gasteiger partial charge < -0.3 is 0 Å². The lowest BCUT2D eigenvalue weighted by atomic mass is 10.1. The molecule has 2 aromatic carbocycles. The quantitative estimate of drug-likeness (QED) is 0.445. The van der Waals surface area contributed by atoms with Gasteiger partial charge in [0.2, 0.25) is 0 Å². The normalized spacial score (nSPS) is 11.6. The van der Waals surface area contributed by atoms with Crippen LogP contribution < -0.4 is 0 Å². The van der Waals surface area contributed by atoms with Crippen LogP contribution in [0.4, 0.5) is 0 Å². The number of hydrogen-bond donors (Lipinski definition) is 0. The van der Waals surface area contributed by atoms with Crippen molar-refractivity contribution in [3.8, 4) is 0 Å². The van der Waals surface area contributed by atoms with Gasteiger partial charge in [-0.05, 0) is 49.6 Å². The van der Waals surface area contributed by atoms with Crippen LogP contribution in [0.3, 0.4) is 0 Å². The Bertz CT molecular complexity index is 786. The molecule has 0 fully saturated rings. The van der Waals surface area contributed by atoms with Crippen LogP contribution in [-0.2, 0) is 0 Å². The lowest BCUT2D eigenvalue weighted by Crippen LogP contribution is -1.81. The third-order valence-electron chi connectivity index (χ3n) is 3.46. The highest BCUT2D eigenvalue weighted by Crippen LogP contribution is 2.42. The van der Waals surface area contributed by atoms with E-state index in [0.29, 0.717) is 0 Å². The number of rotatable bonds is 0. The molecule has 0 aliphatic heterocycles. The average molecular weight is 340 g/mol. The van der Waals surface area contributed by atoms with E-state index in [0.717, 1.165) is 5.02 Å². The van der Waals surface area contributed by atoms with E-state index >= 15 is 0 Å². The predicted molar refractivity (Wildman–Crippen MR) is 86.3 cm³/mol. The fourth-order valence-electron chi connectivity index (χ4n) is 2.39. The van der Waals surface area contributed by atoms with Gasteiger partial charge in [0.1, 0.15) is 0 Å². The van der Waals surface area contributed by atoms with Gasteiger partial charge >= 0.3 is 0 Å². The first-order chi connectivity index (χ1) is 8.50. The van der Waals surface area contributed by atoms with Crippen LogP contribution in [0.2, 0.25) is 5.02 Å². The highest BCUT2D eigenvalue weighted by atomic mass is 79.9. The van der Waals surface area contributed by atoms with E-state index in [4.69, 9.17) is 11.6 Å². The topological polar surface area (TPSA) is 0 Å². The highest BCUT2D eigenvalue weighted by Gasteiger charge is 2.13. The van der Waals surface area contributed by atoms with Gasteiger partial charge in [-0.15, -0.1) is 11.3 Å². The number of thiophene rings is 1. The van der Waals surface area contributed by atoms with Crippen molar-refractivity contribution in [2.45, 2.75) is 20.8 Å². The zero-order valence-corrected chi connectivity index (χ0v) is 13.6. The second kappa shape index (κ2) is 4.22. The monoisotopic (exact) mass is 338 g/mol. The number of hydrogen-bond acceptors (Lipinski definition) is 1. The lowest BCUT2D eigenvalue weighted by molar-refractivity contribution is 1.40. The largest absolute Gasteiger partial charge is 0.135 e. The van der Waals surface area contributed by atoms with E-state index in [1.807, 2.05) is 17.4 Å². The molecular formula is C15H12BrClS. The molecule has 3 heteroatoms. The van der Waals surface area contributed by atoms with Gasteiger partial charge in [-0.1, -0.05) is 33.6 Å². The molecule has 0 bridgehead atoms. The standard InChI is InChI=1S/C15H12BrClS/c1-7-6-11-10-4-5-12(17)8(2)14(10)18-15(11)9(3)13(7)16/h4-6H,1-3H3.